The largest absolute Gasteiger partial charge is 0.497 e. The maximum absolute atomic E-state index is 13.5. The third-order valence-corrected chi connectivity index (χ3v) is 2.15. The van der Waals surface area contributed by atoms with E-state index in [1.54, 1.807) is 6.07 Å². The number of methoxy groups -OCH3 is 1. The van der Waals surface area contributed by atoms with Crippen molar-refractivity contribution in [2.75, 3.05) is 20.3 Å². The zero-order chi connectivity index (χ0) is 12.0. The average molecular weight is 226 g/mol. The molecule has 0 saturated carbocycles. The lowest BCUT2D eigenvalue weighted by Gasteiger charge is -2.05. The first-order valence-electron chi connectivity index (χ1n) is 5.13. The fourth-order valence-electron chi connectivity index (χ4n) is 1.29. The number of hydrogen-bond acceptors (Lipinski definition) is 3. The molecule has 0 fully saturated rings. The van der Waals surface area contributed by atoms with Crippen molar-refractivity contribution < 1.29 is 18.7 Å². The predicted molar refractivity (Wildman–Crippen MR) is 58.4 cm³/mol. The fraction of sp³-hybridized carbons (Fsp3) is 0.417. The van der Waals surface area contributed by atoms with Gasteiger partial charge in [-0.2, -0.15) is 0 Å². The van der Waals surface area contributed by atoms with Gasteiger partial charge in [-0.15, -0.1) is 0 Å². The van der Waals surface area contributed by atoms with Crippen LogP contribution < -0.4 is 4.74 Å². The van der Waals surface area contributed by atoms with Crippen molar-refractivity contribution in [3.05, 3.63) is 29.6 Å². The van der Waals surface area contributed by atoms with E-state index >= 15 is 0 Å². The minimum atomic E-state index is -0.555. The highest BCUT2D eigenvalue weighted by Crippen LogP contribution is 2.17. The van der Waals surface area contributed by atoms with Gasteiger partial charge in [-0.1, -0.05) is 0 Å². The lowest BCUT2D eigenvalue weighted by atomic mass is 10.1. The third-order valence-electron chi connectivity index (χ3n) is 2.15. The molecule has 0 bridgehead atoms. The highest BCUT2D eigenvalue weighted by molar-refractivity contribution is 5.96. The van der Waals surface area contributed by atoms with Crippen LogP contribution in [0.25, 0.3) is 0 Å². The average Bonchev–Trinajstić information content (AvgIpc) is 2.29. The van der Waals surface area contributed by atoms with Crippen LogP contribution >= 0.6 is 0 Å². The Labute approximate surface area is 94.2 Å². The van der Waals surface area contributed by atoms with E-state index in [2.05, 4.69) is 0 Å². The smallest absolute Gasteiger partial charge is 0.168 e. The molecule has 0 heterocycles. The summed E-state index contributed by atoms with van der Waals surface area (Å²) < 4.78 is 23.3. The van der Waals surface area contributed by atoms with Gasteiger partial charge in [-0.3, -0.25) is 4.79 Å². The Kier molecular flexibility index (Phi) is 4.92. The Hall–Kier alpha value is -1.42. The molecule has 88 valence electrons. The summed E-state index contributed by atoms with van der Waals surface area (Å²) in [6.45, 7) is 2.72. The van der Waals surface area contributed by atoms with Gasteiger partial charge in [-0.25, -0.2) is 4.39 Å². The van der Waals surface area contributed by atoms with E-state index in [4.69, 9.17) is 9.47 Å². The molecule has 0 aliphatic carbocycles. The SMILES string of the molecule is CCOCCC(=O)c1ccc(OC)cc1F. The standard InChI is InChI=1S/C12H15FO3/c1-3-16-7-6-12(14)10-5-4-9(15-2)8-11(10)13/h4-5,8H,3,6-7H2,1-2H3. The van der Waals surface area contributed by atoms with E-state index < -0.39 is 5.82 Å². The maximum atomic E-state index is 13.5. The van der Waals surface area contributed by atoms with Crippen LogP contribution in [0, 0.1) is 5.82 Å². The van der Waals surface area contributed by atoms with E-state index in [9.17, 15) is 9.18 Å². The Morgan fingerprint density at radius 2 is 2.19 bits per heavy atom. The van der Waals surface area contributed by atoms with Gasteiger partial charge < -0.3 is 9.47 Å². The molecule has 0 unspecified atom stereocenters. The van der Waals surface area contributed by atoms with Crippen molar-refractivity contribution in [3.63, 3.8) is 0 Å². The second-order valence-electron chi connectivity index (χ2n) is 3.22. The number of ketones is 1. The molecule has 1 rings (SSSR count). The molecule has 0 N–H and O–H groups in total. The van der Waals surface area contributed by atoms with E-state index in [1.165, 1.54) is 19.2 Å². The molecule has 4 heteroatoms. The molecule has 3 nitrogen and oxygen atoms in total. The van der Waals surface area contributed by atoms with E-state index in [1.807, 2.05) is 6.92 Å². The number of carbonyl (C=O) groups excluding carboxylic acids is 1. The zero-order valence-corrected chi connectivity index (χ0v) is 9.46. The topological polar surface area (TPSA) is 35.5 Å². The molecular formula is C12H15FO3. The summed E-state index contributed by atoms with van der Waals surface area (Å²) in [7, 11) is 1.45. The summed E-state index contributed by atoms with van der Waals surface area (Å²) in [6.07, 6.45) is 0.192. The van der Waals surface area contributed by atoms with Gasteiger partial charge in [0, 0.05) is 19.1 Å². The lowest BCUT2D eigenvalue weighted by molar-refractivity contribution is 0.0892. The second kappa shape index (κ2) is 6.23. The van der Waals surface area contributed by atoms with Crippen LogP contribution in [0.2, 0.25) is 0 Å². The van der Waals surface area contributed by atoms with Crippen LogP contribution in [0.15, 0.2) is 18.2 Å². The minimum absolute atomic E-state index is 0.0838. The number of hydrogen-bond donors (Lipinski definition) is 0. The highest BCUT2D eigenvalue weighted by atomic mass is 19.1. The number of carbonyl (C=O) groups is 1. The van der Waals surface area contributed by atoms with Crippen LogP contribution in [-0.2, 0) is 4.74 Å². The summed E-state index contributed by atoms with van der Waals surface area (Å²) in [6, 6.07) is 4.20. The second-order valence-corrected chi connectivity index (χ2v) is 3.22. The van der Waals surface area contributed by atoms with Crippen LogP contribution in [0.5, 0.6) is 5.75 Å². The van der Waals surface area contributed by atoms with Gasteiger partial charge in [0.2, 0.25) is 0 Å². The maximum Gasteiger partial charge on any atom is 0.168 e. The first-order chi connectivity index (χ1) is 7.69. The lowest BCUT2D eigenvalue weighted by Crippen LogP contribution is -2.07. The monoisotopic (exact) mass is 226 g/mol. The summed E-state index contributed by atoms with van der Waals surface area (Å²) in [5.41, 5.74) is 0.0838. The molecule has 0 aromatic heterocycles. The van der Waals surface area contributed by atoms with Gasteiger partial charge >= 0.3 is 0 Å². The van der Waals surface area contributed by atoms with E-state index in [0.717, 1.165) is 0 Å². The van der Waals surface area contributed by atoms with Crippen molar-refractivity contribution in [1.29, 1.82) is 0 Å². The van der Waals surface area contributed by atoms with Gasteiger partial charge in [-0.05, 0) is 19.1 Å². The molecule has 0 spiro atoms. The first kappa shape index (κ1) is 12.6. The number of halogens is 1. The summed E-state index contributed by atoms with van der Waals surface area (Å²) >= 11 is 0. The Morgan fingerprint density at radius 1 is 1.44 bits per heavy atom. The number of benzene rings is 1. The van der Waals surface area contributed by atoms with Gasteiger partial charge in [0.15, 0.2) is 5.78 Å². The van der Waals surface area contributed by atoms with Gasteiger partial charge in [0.25, 0.3) is 0 Å². The summed E-state index contributed by atoms with van der Waals surface area (Å²) in [4.78, 5) is 11.6. The number of ether oxygens (including phenoxy) is 2. The third kappa shape index (κ3) is 3.31. The molecule has 16 heavy (non-hydrogen) atoms. The van der Waals surface area contributed by atoms with Crippen LogP contribution in [0.3, 0.4) is 0 Å². The van der Waals surface area contributed by atoms with Crippen molar-refractivity contribution >= 4 is 5.78 Å². The van der Waals surface area contributed by atoms with Crippen molar-refractivity contribution in [2.45, 2.75) is 13.3 Å². The van der Waals surface area contributed by atoms with Crippen molar-refractivity contribution in [1.82, 2.24) is 0 Å². The molecule has 0 radical (unpaired) electrons. The van der Waals surface area contributed by atoms with Crippen LogP contribution in [-0.4, -0.2) is 26.1 Å². The molecular weight excluding hydrogens is 211 g/mol. The highest BCUT2D eigenvalue weighted by Gasteiger charge is 2.12. The Balaban J connectivity index is 2.68. The molecule has 1 aromatic carbocycles. The predicted octanol–water partition coefficient (Wildman–Crippen LogP) is 2.44. The molecule has 0 aliphatic rings. The molecule has 0 aliphatic heterocycles. The molecule has 1 aromatic rings. The fourth-order valence-corrected chi connectivity index (χ4v) is 1.29. The quantitative estimate of drug-likeness (QED) is 0.552. The van der Waals surface area contributed by atoms with Gasteiger partial charge in [0.05, 0.1) is 19.3 Å². The molecule has 0 saturated heterocycles. The Bertz CT molecular complexity index is 363. The van der Waals surface area contributed by atoms with Crippen molar-refractivity contribution in [2.24, 2.45) is 0 Å². The molecule has 0 amide bonds. The number of Topliss-reactive ketones (excluding diaryl/α,β-unsaturated/α-hetero) is 1. The van der Waals surface area contributed by atoms with Crippen LogP contribution in [0.4, 0.5) is 4.39 Å². The van der Waals surface area contributed by atoms with E-state index in [-0.39, 0.29) is 17.8 Å². The minimum Gasteiger partial charge on any atom is -0.497 e. The van der Waals surface area contributed by atoms with Gasteiger partial charge in [0.1, 0.15) is 11.6 Å². The zero-order valence-electron chi connectivity index (χ0n) is 9.46. The summed E-state index contributed by atoms with van der Waals surface area (Å²) in [5.74, 6) is -0.409. The Morgan fingerprint density at radius 3 is 2.75 bits per heavy atom. The summed E-state index contributed by atoms with van der Waals surface area (Å²) in [5, 5.41) is 0. The van der Waals surface area contributed by atoms with E-state index in [0.29, 0.717) is 19.0 Å². The first-order valence-corrected chi connectivity index (χ1v) is 5.13. The van der Waals surface area contributed by atoms with Crippen LogP contribution in [0.1, 0.15) is 23.7 Å². The van der Waals surface area contributed by atoms with Crippen molar-refractivity contribution in [3.8, 4) is 5.75 Å². The molecule has 0 atom stereocenters. The normalized spacial score (nSPS) is 10.2. The number of rotatable bonds is 6.